The lowest BCUT2D eigenvalue weighted by molar-refractivity contribution is 0.0594. The Morgan fingerprint density at radius 2 is 2.00 bits per heavy atom. The molecule has 120 valence electrons. The summed E-state index contributed by atoms with van der Waals surface area (Å²) >= 11 is 3.40. The van der Waals surface area contributed by atoms with Gasteiger partial charge in [-0.05, 0) is 38.8 Å². The van der Waals surface area contributed by atoms with Gasteiger partial charge in [0, 0.05) is 22.0 Å². The van der Waals surface area contributed by atoms with Gasteiger partial charge in [0.15, 0.2) is 15.1 Å². The second-order valence-electron chi connectivity index (χ2n) is 5.24. The first-order valence-corrected chi connectivity index (χ1v) is 8.93. The highest BCUT2D eigenvalue weighted by molar-refractivity contribution is 9.10. The van der Waals surface area contributed by atoms with Gasteiger partial charge in [0.05, 0.1) is 23.4 Å². The number of nitrogens with zero attached hydrogens (tertiary/aromatic N) is 1. The fourth-order valence-electron chi connectivity index (χ4n) is 2.91. The van der Waals surface area contributed by atoms with Crippen LogP contribution in [-0.4, -0.2) is 27.7 Å². The molecule has 7 heteroatoms. The van der Waals surface area contributed by atoms with Crippen molar-refractivity contribution in [3.8, 4) is 5.75 Å². The molecule has 2 aromatic carbocycles. The van der Waals surface area contributed by atoms with Gasteiger partial charge in [-0.25, -0.2) is 9.78 Å². The summed E-state index contributed by atoms with van der Waals surface area (Å²) in [4.78, 5) is 16.0. The molecular weight excluding hydrogens is 394 g/mol. The molecule has 0 fully saturated rings. The number of hydrogen-bond donors (Lipinski definition) is 1. The maximum atomic E-state index is 12.7. The van der Waals surface area contributed by atoms with Gasteiger partial charge < -0.3 is 14.4 Å². The maximum Gasteiger partial charge on any atom is 0.356 e. The quantitative estimate of drug-likeness (QED) is 0.373. The number of aromatic nitrogens is 1. The van der Waals surface area contributed by atoms with E-state index in [1.807, 2.05) is 18.2 Å². The van der Waals surface area contributed by atoms with Crippen LogP contribution in [-0.2, 0) is 4.74 Å². The van der Waals surface area contributed by atoms with Crippen molar-refractivity contribution in [3.05, 3.63) is 46.6 Å². The molecule has 0 amide bonds. The summed E-state index contributed by atoms with van der Waals surface area (Å²) in [6.07, 6.45) is 0. The topological polar surface area (TPSA) is 82.5 Å². The summed E-state index contributed by atoms with van der Waals surface area (Å²) in [5, 5.41) is 12.5. The Hall–Kier alpha value is -2.22. The highest BCUT2D eigenvalue weighted by Gasteiger charge is 2.23. The van der Waals surface area contributed by atoms with Gasteiger partial charge >= 0.3 is 5.97 Å². The van der Waals surface area contributed by atoms with Crippen LogP contribution >= 0.6 is 26.7 Å². The largest absolute Gasteiger partial charge is 0.590 e. The van der Waals surface area contributed by atoms with Gasteiger partial charge in [0.25, 0.3) is 0 Å². The molecule has 0 aliphatic heterocycles. The second kappa shape index (κ2) is 5.41. The van der Waals surface area contributed by atoms with Gasteiger partial charge in [-0.3, -0.25) is 0 Å². The van der Waals surface area contributed by atoms with Crippen molar-refractivity contribution in [2.24, 2.45) is 0 Å². The first-order chi connectivity index (χ1) is 11.5. The third-order valence-corrected chi connectivity index (χ3v) is 6.01. The summed E-state index contributed by atoms with van der Waals surface area (Å²) in [7, 11) is -0.0712. The van der Waals surface area contributed by atoms with E-state index in [0.29, 0.717) is 30.2 Å². The van der Waals surface area contributed by atoms with Crippen LogP contribution < -0.4 is 0 Å². The number of pyridine rings is 1. The van der Waals surface area contributed by atoms with Gasteiger partial charge in [-0.1, -0.05) is 12.1 Å². The number of benzene rings is 2. The average molecular weight is 404 g/mol. The van der Waals surface area contributed by atoms with E-state index < -0.39 is 16.7 Å². The van der Waals surface area contributed by atoms with Crippen LogP contribution in [0.1, 0.15) is 10.5 Å². The van der Waals surface area contributed by atoms with Crippen LogP contribution in [0.25, 0.3) is 31.1 Å². The highest BCUT2D eigenvalue weighted by Crippen LogP contribution is 2.47. The Bertz CT molecular complexity index is 1150. The van der Waals surface area contributed by atoms with E-state index in [-0.39, 0.29) is 11.4 Å². The van der Waals surface area contributed by atoms with Gasteiger partial charge in [0.1, 0.15) is 5.75 Å². The number of carbonyl (C=O) groups excluding carboxylic acids is 1. The van der Waals surface area contributed by atoms with Crippen LogP contribution in [0.15, 0.2) is 40.9 Å². The molecular formula is C17H10BrNO4S. The standard InChI is InChI=1S/C17H10BrNO4S/c1-23-17(21)10-7-11(20)15-14-8-4-2-3-5-12(8)24(22)13(14)6-9(18)16(15)19-10/h2-7H,1H3,(H,19,20). The zero-order valence-electron chi connectivity index (χ0n) is 12.4. The molecule has 0 bridgehead atoms. The molecule has 1 N–H and O–H groups in total. The lowest BCUT2D eigenvalue weighted by Crippen LogP contribution is -2.04. The Labute approximate surface area is 147 Å². The molecule has 5 nitrogen and oxygen atoms in total. The predicted octanol–water partition coefficient (Wildman–Crippen LogP) is 4.52. The van der Waals surface area contributed by atoms with Crippen LogP contribution in [0.2, 0.25) is 0 Å². The van der Waals surface area contributed by atoms with Crippen LogP contribution in [0.4, 0.5) is 0 Å². The average Bonchev–Trinajstić information content (AvgIpc) is 2.87. The molecule has 0 aliphatic carbocycles. The Balaban J connectivity index is 2.26. The number of methoxy groups -OCH3 is 1. The SMILES string of the molecule is COC(=O)c1cc(O)c2c(n1)c(Br)cc1c2c2ccccc2[s+]1[O-]. The minimum absolute atomic E-state index is 0.00977. The van der Waals surface area contributed by atoms with Gasteiger partial charge in [0.2, 0.25) is 0 Å². The maximum absolute atomic E-state index is 12.7. The first-order valence-electron chi connectivity index (χ1n) is 6.98. The van der Waals surface area contributed by atoms with E-state index in [4.69, 9.17) is 0 Å². The number of hydrogen-bond acceptors (Lipinski definition) is 5. The Morgan fingerprint density at radius 3 is 2.75 bits per heavy atom. The molecule has 1 atom stereocenters. The van der Waals surface area contributed by atoms with Crippen LogP contribution in [0.3, 0.4) is 0 Å². The van der Waals surface area contributed by atoms with E-state index in [1.165, 1.54) is 13.2 Å². The van der Waals surface area contributed by atoms with Crippen molar-refractivity contribution < 1.29 is 19.2 Å². The normalized spacial score (nSPS) is 12.2. The molecule has 4 aromatic rings. The molecule has 0 saturated carbocycles. The third-order valence-electron chi connectivity index (χ3n) is 3.93. The highest BCUT2D eigenvalue weighted by atomic mass is 79.9. The molecule has 0 saturated heterocycles. The first kappa shape index (κ1) is 15.3. The van der Waals surface area contributed by atoms with Crippen molar-refractivity contribution in [3.63, 3.8) is 0 Å². The number of rotatable bonds is 1. The monoisotopic (exact) mass is 403 g/mol. The second-order valence-corrected chi connectivity index (χ2v) is 7.51. The summed E-state index contributed by atoms with van der Waals surface area (Å²) in [6.45, 7) is 0. The minimum Gasteiger partial charge on any atom is -0.590 e. The molecule has 0 radical (unpaired) electrons. The summed E-state index contributed by atoms with van der Waals surface area (Å²) in [5.74, 6) is -0.741. The fourth-order valence-corrected chi connectivity index (χ4v) is 5.00. The number of aromatic hydroxyl groups is 1. The molecule has 1 unspecified atom stereocenters. The van der Waals surface area contributed by atoms with E-state index in [1.54, 1.807) is 12.1 Å². The molecule has 2 aromatic heterocycles. The van der Waals surface area contributed by atoms with Crippen LogP contribution in [0.5, 0.6) is 5.75 Å². The molecule has 0 spiro atoms. The van der Waals surface area contributed by atoms with Crippen molar-refractivity contribution in [2.45, 2.75) is 0 Å². The molecule has 4 rings (SSSR count). The number of carbonyl (C=O) groups is 1. The number of esters is 1. The Kier molecular flexibility index (Phi) is 3.45. The lowest BCUT2D eigenvalue weighted by atomic mass is 10.1. The van der Waals surface area contributed by atoms with Crippen LogP contribution in [0, 0.1) is 0 Å². The van der Waals surface area contributed by atoms with E-state index >= 15 is 0 Å². The number of fused-ring (bicyclic) bond motifs is 5. The van der Waals surface area contributed by atoms with Gasteiger partial charge in [-0.15, -0.1) is 0 Å². The molecule has 24 heavy (non-hydrogen) atoms. The summed E-state index contributed by atoms with van der Waals surface area (Å²) in [6, 6.07) is 10.3. The Morgan fingerprint density at radius 1 is 1.25 bits per heavy atom. The predicted molar refractivity (Wildman–Crippen MR) is 96.1 cm³/mol. The minimum atomic E-state index is -1.32. The smallest absolute Gasteiger partial charge is 0.356 e. The van der Waals surface area contributed by atoms with Crippen molar-refractivity contribution in [2.75, 3.05) is 7.11 Å². The zero-order valence-corrected chi connectivity index (χ0v) is 14.8. The van der Waals surface area contributed by atoms with Crippen molar-refractivity contribution in [1.82, 2.24) is 4.98 Å². The van der Waals surface area contributed by atoms with E-state index in [0.717, 1.165) is 5.39 Å². The zero-order chi connectivity index (χ0) is 17.0. The number of ether oxygens (including phenoxy) is 1. The number of thiophene rings is 1. The fraction of sp³-hybridized carbons (Fsp3) is 0.0588. The van der Waals surface area contributed by atoms with Gasteiger partial charge in [-0.2, -0.15) is 0 Å². The third kappa shape index (κ3) is 2.02. The summed E-state index contributed by atoms with van der Waals surface area (Å²) in [5.41, 5.74) is 0.429. The molecule has 0 aliphatic rings. The van der Waals surface area contributed by atoms with E-state index in [2.05, 4.69) is 25.7 Å². The molecule has 2 heterocycles. The summed E-state index contributed by atoms with van der Waals surface area (Å²) < 4.78 is 19.3. The van der Waals surface area contributed by atoms with Crippen molar-refractivity contribution in [1.29, 1.82) is 0 Å². The van der Waals surface area contributed by atoms with Crippen molar-refractivity contribution >= 4 is 63.7 Å². The lowest BCUT2D eigenvalue weighted by Gasteiger charge is -2.07. The van der Waals surface area contributed by atoms with E-state index in [9.17, 15) is 14.5 Å². The number of halogens is 1.